The highest BCUT2D eigenvalue weighted by atomic mass is 79.9. The van der Waals surface area contributed by atoms with Crippen LogP contribution in [-0.4, -0.2) is 5.78 Å². The van der Waals surface area contributed by atoms with Gasteiger partial charge in [0, 0.05) is 21.3 Å². The Balaban J connectivity index is 0.000000861. The van der Waals surface area contributed by atoms with Crippen molar-refractivity contribution >= 4 is 27.4 Å². The van der Waals surface area contributed by atoms with Crippen LogP contribution in [0.5, 0.6) is 0 Å². The molecule has 0 aromatic heterocycles. The Morgan fingerprint density at radius 2 is 1.63 bits per heavy atom. The van der Waals surface area contributed by atoms with E-state index in [1.165, 1.54) is 0 Å². The molecule has 0 aliphatic heterocycles. The highest BCUT2D eigenvalue weighted by Crippen LogP contribution is 2.21. The molecule has 0 heterocycles. The normalized spacial score (nSPS) is 9.47. The van der Waals surface area contributed by atoms with E-state index >= 15 is 0 Å². The van der Waals surface area contributed by atoms with Crippen molar-refractivity contribution in [3.05, 3.63) is 63.6 Å². The van der Waals surface area contributed by atoms with Gasteiger partial charge in [-0.25, -0.2) is 0 Å². The Hall–Kier alpha value is -1.61. The fourth-order valence-electron chi connectivity index (χ4n) is 1.64. The third-order valence-corrected chi connectivity index (χ3v) is 3.20. The summed E-state index contributed by atoms with van der Waals surface area (Å²) in [5.74, 6) is -0.0429. The smallest absolute Gasteiger partial charge is 0.195 e. The van der Waals surface area contributed by atoms with Crippen molar-refractivity contribution in [3.8, 4) is 0 Å². The van der Waals surface area contributed by atoms with E-state index in [4.69, 9.17) is 5.73 Å². The molecule has 0 radical (unpaired) electrons. The van der Waals surface area contributed by atoms with Crippen LogP contribution < -0.4 is 5.73 Å². The van der Waals surface area contributed by atoms with Crippen LogP contribution in [0.3, 0.4) is 0 Å². The van der Waals surface area contributed by atoms with E-state index < -0.39 is 0 Å². The average Bonchev–Trinajstić information content (AvgIpc) is 2.44. The van der Waals surface area contributed by atoms with E-state index in [1.54, 1.807) is 18.2 Å². The molecule has 0 aliphatic carbocycles. The van der Waals surface area contributed by atoms with E-state index in [1.807, 2.05) is 45.0 Å². The summed E-state index contributed by atoms with van der Waals surface area (Å²) in [5.41, 5.74) is 8.61. The maximum Gasteiger partial charge on any atom is 0.195 e. The topological polar surface area (TPSA) is 43.1 Å². The Bertz CT molecular complexity index is 561. The summed E-state index contributed by atoms with van der Waals surface area (Å²) in [7, 11) is 0. The summed E-state index contributed by atoms with van der Waals surface area (Å²) in [4.78, 5) is 12.2. The molecule has 2 N–H and O–H groups in total. The molecule has 2 aromatic rings. The first-order valence-electron chi connectivity index (χ1n) is 6.25. The number of hydrogen-bond donors (Lipinski definition) is 1. The van der Waals surface area contributed by atoms with Crippen LogP contribution in [0.2, 0.25) is 0 Å². The van der Waals surface area contributed by atoms with Gasteiger partial charge in [0.1, 0.15) is 0 Å². The molecule has 0 unspecified atom stereocenters. The van der Waals surface area contributed by atoms with Crippen molar-refractivity contribution < 1.29 is 4.79 Å². The summed E-state index contributed by atoms with van der Waals surface area (Å²) in [6.07, 6.45) is 0. The molecule has 19 heavy (non-hydrogen) atoms. The van der Waals surface area contributed by atoms with Gasteiger partial charge in [-0.05, 0) is 42.8 Å². The fraction of sp³-hybridized carbons (Fsp3) is 0.188. The van der Waals surface area contributed by atoms with Gasteiger partial charge < -0.3 is 5.73 Å². The molecule has 2 nitrogen and oxygen atoms in total. The molecule has 0 aliphatic rings. The van der Waals surface area contributed by atoms with Gasteiger partial charge in [-0.1, -0.05) is 41.9 Å². The third-order valence-electron chi connectivity index (χ3n) is 2.68. The summed E-state index contributed by atoms with van der Waals surface area (Å²) in [6.45, 7) is 5.90. The molecule has 2 rings (SSSR count). The molecular weight excluding hydrogens is 302 g/mol. The number of carbonyl (C=O) groups excluding carboxylic acids is 1. The van der Waals surface area contributed by atoms with Crippen molar-refractivity contribution in [3.63, 3.8) is 0 Å². The van der Waals surface area contributed by atoms with Gasteiger partial charge in [-0.3, -0.25) is 4.79 Å². The quantitative estimate of drug-likeness (QED) is 0.649. The van der Waals surface area contributed by atoms with Crippen molar-refractivity contribution in [2.75, 3.05) is 5.73 Å². The zero-order valence-electron chi connectivity index (χ0n) is 11.4. The number of para-hydroxylation sites is 1. The zero-order chi connectivity index (χ0) is 14.4. The predicted molar refractivity (Wildman–Crippen MR) is 84.5 cm³/mol. The second-order valence-electron chi connectivity index (χ2n) is 3.87. The SMILES string of the molecule is CC.Cc1cccc(C(=O)c2ccc(Br)cc2)c1N. The number of hydrogen-bond acceptors (Lipinski definition) is 2. The standard InChI is InChI=1S/C14H12BrNO.C2H6/c1-9-3-2-4-12(13(9)16)14(17)10-5-7-11(15)8-6-10;1-2/h2-8H,16H2,1H3;1-2H3. The monoisotopic (exact) mass is 319 g/mol. The zero-order valence-corrected chi connectivity index (χ0v) is 13.0. The molecule has 0 saturated carbocycles. The lowest BCUT2D eigenvalue weighted by molar-refractivity contribution is 0.103. The van der Waals surface area contributed by atoms with Gasteiger partial charge in [-0.2, -0.15) is 0 Å². The molecule has 0 amide bonds. The average molecular weight is 320 g/mol. The number of ketones is 1. The maximum absolute atomic E-state index is 12.2. The maximum atomic E-state index is 12.2. The Kier molecular flexibility index (Phi) is 5.77. The van der Waals surface area contributed by atoms with Crippen LogP contribution in [0, 0.1) is 6.92 Å². The third kappa shape index (κ3) is 3.67. The number of nitrogens with two attached hydrogens (primary N) is 1. The van der Waals surface area contributed by atoms with Gasteiger partial charge >= 0.3 is 0 Å². The van der Waals surface area contributed by atoms with Crippen LogP contribution in [0.1, 0.15) is 35.3 Å². The lowest BCUT2D eigenvalue weighted by Crippen LogP contribution is -2.06. The molecule has 100 valence electrons. The Morgan fingerprint density at radius 1 is 1.05 bits per heavy atom. The van der Waals surface area contributed by atoms with Crippen molar-refractivity contribution in [1.29, 1.82) is 0 Å². The predicted octanol–water partition coefficient (Wildman–Crippen LogP) is 4.60. The van der Waals surface area contributed by atoms with Crippen LogP contribution >= 0.6 is 15.9 Å². The Morgan fingerprint density at radius 3 is 2.21 bits per heavy atom. The minimum atomic E-state index is -0.0429. The number of anilines is 1. The number of carbonyl (C=O) groups is 1. The molecular formula is C16H18BrNO. The first-order chi connectivity index (χ1) is 9.09. The van der Waals surface area contributed by atoms with Gasteiger partial charge in [0.15, 0.2) is 5.78 Å². The summed E-state index contributed by atoms with van der Waals surface area (Å²) in [5, 5.41) is 0. The van der Waals surface area contributed by atoms with Gasteiger partial charge in [-0.15, -0.1) is 0 Å². The van der Waals surface area contributed by atoms with Gasteiger partial charge in [0.25, 0.3) is 0 Å². The van der Waals surface area contributed by atoms with E-state index in [-0.39, 0.29) is 5.78 Å². The summed E-state index contributed by atoms with van der Waals surface area (Å²) >= 11 is 3.34. The first-order valence-corrected chi connectivity index (χ1v) is 7.04. The molecule has 3 heteroatoms. The van der Waals surface area contributed by atoms with Crippen LogP contribution in [0.4, 0.5) is 5.69 Å². The minimum Gasteiger partial charge on any atom is -0.398 e. The van der Waals surface area contributed by atoms with Crippen molar-refractivity contribution in [2.24, 2.45) is 0 Å². The molecule has 0 saturated heterocycles. The Labute approximate surface area is 122 Å². The highest BCUT2D eigenvalue weighted by molar-refractivity contribution is 9.10. The number of nitrogen functional groups attached to an aromatic ring is 1. The van der Waals surface area contributed by atoms with E-state index in [0.717, 1.165) is 10.0 Å². The highest BCUT2D eigenvalue weighted by Gasteiger charge is 2.12. The lowest BCUT2D eigenvalue weighted by Gasteiger charge is -2.07. The van der Waals surface area contributed by atoms with E-state index in [2.05, 4.69) is 15.9 Å². The van der Waals surface area contributed by atoms with Crippen molar-refractivity contribution in [1.82, 2.24) is 0 Å². The summed E-state index contributed by atoms with van der Waals surface area (Å²) in [6, 6.07) is 12.8. The molecule has 0 fully saturated rings. The van der Waals surface area contributed by atoms with E-state index in [9.17, 15) is 4.79 Å². The number of aryl methyl sites for hydroxylation is 1. The fourth-order valence-corrected chi connectivity index (χ4v) is 1.90. The van der Waals surface area contributed by atoms with Crippen molar-refractivity contribution in [2.45, 2.75) is 20.8 Å². The molecule has 0 bridgehead atoms. The van der Waals surface area contributed by atoms with E-state index in [0.29, 0.717) is 16.8 Å². The van der Waals surface area contributed by atoms with Crippen LogP contribution in [0.25, 0.3) is 0 Å². The molecule has 0 atom stereocenters. The van der Waals surface area contributed by atoms with Gasteiger partial charge in [0.2, 0.25) is 0 Å². The van der Waals surface area contributed by atoms with Gasteiger partial charge in [0.05, 0.1) is 0 Å². The second-order valence-corrected chi connectivity index (χ2v) is 4.79. The lowest BCUT2D eigenvalue weighted by atomic mass is 9.99. The molecule has 0 spiro atoms. The van der Waals surface area contributed by atoms with Crippen LogP contribution in [0.15, 0.2) is 46.9 Å². The number of rotatable bonds is 2. The number of halogens is 1. The second kappa shape index (κ2) is 7.10. The summed E-state index contributed by atoms with van der Waals surface area (Å²) < 4.78 is 0.950. The van der Waals surface area contributed by atoms with Crippen LogP contribution in [-0.2, 0) is 0 Å². The largest absolute Gasteiger partial charge is 0.398 e. The molecule has 2 aromatic carbocycles. The first kappa shape index (κ1) is 15.4. The minimum absolute atomic E-state index is 0.0429. The number of benzene rings is 2.